The van der Waals surface area contributed by atoms with Crippen LogP contribution in [-0.4, -0.2) is 39.1 Å². The van der Waals surface area contributed by atoms with E-state index in [9.17, 15) is 13.2 Å². The minimum absolute atomic E-state index is 0.0246. The number of sulfone groups is 1. The summed E-state index contributed by atoms with van der Waals surface area (Å²) in [5.74, 6) is -1.11. The predicted octanol–water partition coefficient (Wildman–Crippen LogP) is 0.784. The van der Waals surface area contributed by atoms with E-state index in [1.807, 2.05) is 0 Å². The molecule has 1 aromatic rings. The first-order valence-corrected chi connectivity index (χ1v) is 6.75. The summed E-state index contributed by atoms with van der Waals surface area (Å²) in [4.78, 5) is 12.5. The van der Waals surface area contributed by atoms with Crippen molar-refractivity contribution in [2.45, 2.75) is 4.90 Å². The molecule has 1 rings (SSSR count). The lowest BCUT2D eigenvalue weighted by Crippen LogP contribution is -2.29. The standard InChI is InChI=1S/C10H13ClN2O3S/c1-13(2)10(14)6-17(15,16)9-4-3-7(12)5-8(9)11/h3-5H,6,12H2,1-2H3. The van der Waals surface area contributed by atoms with Gasteiger partial charge in [0.15, 0.2) is 9.84 Å². The van der Waals surface area contributed by atoms with Crippen LogP contribution >= 0.6 is 11.6 Å². The minimum Gasteiger partial charge on any atom is -0.399 e. The number of carbonyl (C=O) groups excluding carboxylic acids is 1. The molecule has 0 aromatic heterocycles. The van der Waals surface area contributed by atoms with E-state index < -0.39 is 21.5 Å². The molecule has 0 heterocycles. The lowest BCUT2D eigenvalue weighted by molar-refractivity contribution is -0.125. The van der Waals surface area contributed by atoms with Gasteiger partial charge in [-0.1, -0.05) is 11.6 Å². The van der Waals surface area contributed by atoms with E-state index in [0.717, 1.165) is 0 Å². The third-order valence-electron chi connectivity index (χ3n) is 2.10. The molecule has 1 aromatic carbocycles. The molecular formula is C10H13ClN2O3S. The molecule has 5 nitrogen and oxygen atoms in total. The molecular weight excluding hydrogens is 264 g/mol. The molecule has 0 atom stereocenters. The summed E-state index contributed by atoms with van der Waals surface area (Å²) in [5, 5.41) is 0.0246. The number of benzene rings is 1. The second kappa shape index (κ2) is 4.93. The largest absolute Gasteiger partial charge is 0.399 e. The topological polar surface area (TPSA) is 80.5 Å². The maximum Gasteiger partial charge on any atom is 0.237 e. The molecule has 0 aliphatic carbocycles. The van der Waals surface area contributed by atoms with Gasteiger partial charge in [-0.15, -0.1) is 0 Å². The molecule has 1 amide bonds. The molecule has 0 aliphatic heterocycles. The Hall–Kier alpha value is -1.27. The first-order chi connectivity index (χ1) is 7.74. The van der Waals surface area contributed by atoms with Gasteiger partial charge in [-0.2, -0.15) is 0 Å². The highest BCUT2D eigenvalue weighted by Gasteiger charge is 2.22. The first kappa shape index (κ1) is 13.8. The smallest absolute Gasteiger partial charge is 0.237 e. The molecule has 2 N–H and O–H groups in total. The quantitative estimate of drug-likeness (QED) is 0.828. The lowest BCUT2D eigenvalue weighted by atomic mass is 10.3. The number of carbonyl (C=O) groups is 1. The number of halogens is 1. The molecule has 0 radical (unpaired) electrons. The summed E-state index contributed by atoms with van der Waals surface area (Å²) in [6, 6.07) is 4.07. The van der Waals surface area contributed by atoms with Crippen molar-refractivity contribution in [3.63, 3.8) is 0 Å². The molecule has 0 spiro atoms. The maximum absolute atomic E-state index is 11.9. The molecule has 0 bridgehead atoms. The Bertz CT molecular complexity index is 540. The highest BCUT2D eigenvalue weighted by atomic mass is 35.5. The van der Waals surface area contributed by atoms with Crippen LogP contribution < -0.4 is 5.73 Å². The van der Waals surface area contributed by atoms with Crippen molar-refractivity contribution < 1.29 is 13.2 Å². The highest BCUT2D eigenvalue weighted by Crippen LogP contribution is 2.24. The summed E-state index contributed by atoms with van der Waals surface area (Å²) in [6.45, 7) is 0. The molecule has 7 heteroatoms. The van der Waals surface area contributed by atoms with Crippen LogP contribution in [0.15, 0.2) is 23.1 Å². The molecule has 0 saturated carbocycles. The van der Waals surface area contributed by atoms with Crippen molar-refractivity contribution in [3.05, 3.63) is 23.2 Å². The molecule has 0 aliphatic rings. The zero-order valence-electron chi connectivity index (χ0n) is 9.47. The summed E-state index contributed by atoms with van der Waals surface area (Å²) >= 11 is 5.79. The van der Waals surface area contributed by atoms with Gasteiger partial charge >= 0.3 is 0 Å². The third kappa shape index (κ3) is 3.34. The van der Waals surface area contributed by atoms with Gasteiger partial charge in [0.25, 0.3) is 0 Å². The predicted molar refractivity (Wildman–Crippen MR) is 66.6 cm³/mol. The van der Waals surface area contributed by atoms with Crippen molar-refractivity contribution in [3.8, 4) is 0 Å². The van der Waals surface area contributed by atoms with E-state index in [-0.39, 0.29) is 9.92 Å². The average molecular weight is 277 g/mol. The van der Waals surface area contributed by atoms with Crippen LogP contribution in [0.3, 0.4) is 0 Å². The fraction of sp³-hybridized carbons (Fsp3) is 0.300. The number of nitrogens with two attached hydrogens (primary N) is 1. The van der Waals surface area contributed by atoms with Gasteiger partial charge in [-0.3, -0.25) is 4.79 Å². The summed E-state index contributed by atoms with van der Waals surface area (Å²) in [6.07, 6.45) is 0. The number of amides is 1. The van der Waals surface area contributed by atoms with Crippen molar-refractivity contribution in [2.24, 2.45) is 0 Å². The van der Waals surface area contributed by atoms with E-state index >= 15 is 0 Å². The maximum atomic E-state index is 11.9. The molecule has 94 valence electrons. The van der Waals surface area contributed by atoms with Gasteiger partial charge in [-0.05, 0) is 18.2 Å². The normalized spacial score (nSPS) is 11.2. The van der Waals surface area contributed by atoms with E-state index in [1.165, 1.54) is 37.2 Å². The molecule has 0 unspecified atom stereocenters. The Morgan fingerprint density at radius 1 is 1.41 bits per heavy atom. The zero-order chi connectivity index (χ0) is 13.2. The highest BCUT2D eigenvalue weighted by molar-refractivity contribution is 7.92. The molecule has 0 fully saturated rings. The Morgan fingerprint density at radius 3 is 2.47 bits per heavy atom. The van der Waals surface area contributed by atoms with Crippen LogP contribution in [0.2, 0.25) is 5.02 Å². The van der Waals surface area contributed by atoms with Gasteiger partial charge < -0.3 is 10.6 Å². The van der Waals surface area contributed by atoms with Gasteiger partial charge in [0.1, 0.15) is 5.75 Å². The van der Waals surface area contributed by atoms with Crippen molar-refractivity contribution in [2.75, 3.05) is 25.6 Å². The second-order valence-electron chi connectivity index (χ2n) is 3.74. The van der Waals surface area contributed by atoms with Crippen LogP contribution in [0.25, 0.3) is 0 Å². The lowest BCUT2D eigenvalue weighted by Gasteiger charge is -2.11. The van der Waals surface area contributed by atoms with Crippen LogP contribution in [0, 0.1) is 0 Å². The second-order valence-corrected chi connectivity index (χ2v) is 6.10. The van der Waals surface area contributed by atoms with Crippen LogP contribution in [0.1, 0.15) is 0 Å². The first-order valence-electron chi connectivity index (χ1n) is 4.72. The molecule has 17 heavy (non-hydrogen) atoms. The Labute approximate surface area is 105 Å². The van der Waals surface area contributed by atoms with E-state index in [2.05, 4.69) is 0 Å². The van der Waals surface area contributed by atoms with Crippen molar-refractivity contribution >= 4 is 33.0 Å². The van der Waals surface area contributed by atoms with Crippen molar-refractivity contribution in [1.82, 2.24) is 4.90 Å². The Balaban J connectivity index is 3.10. The van der Waals surface area contributed by atoms with Gasteiger partial charge in [-0.25, -0.2) is 8.42 Å². The number of anilines is 1. The Morgan fingerprint density at radius 2 is 2.00 bits per heavy atom. The average Bonchev–Trinajstić information content (AvgIpc) is 2.15. The Kier molecular flexibility index (Phi) is 4.00. The van der Waals surface area contributed by atoms with E-state index in [1.54, 1.807) is 0 Å². The SMILES string of the molecule is CN(C)C(=O)CS(=O)(=O)c1ccc(N)cc1Cl. The van der Waals surface area contributed by atoms with Gasteiger partial charge in [0, 0.05) is 19.8 Å². The summed E-state index contributed by atoms with van der Waals surface area (Å²) in [5.41, 5.74) is 5.83. The van der Waals surface area contributed by atoms with E-state index in [4.69, 9.17) is 17.3 Å². The fourth-order valence-corrected chi connectivity index (χ4v) is 3.05. The fourth-order valence-electron chi connectivity index (χ4n) is 1.14. The van der Waals surface area contributed by atoms with Crippen molar-refractivity contribution in [1.29, 1.82) is 0 Å². The number of hydrogen-bond acceptors (Lipinski definition) is 4. The van der Waals surface area contributed by atoms with Gasteiger partial charge in [0.2, 0.25) is 5.91 Å². The van der Waals surface area contributed by atoms with Crippen LogP contribution in [0.5, 0.6) is 0 Å². The van der Waals surface area contributed by atoms with E-state index in [0.29, 0.717) is 5.69 Å². The minimum atomic E-state index is -3.73. The number of nitrogen functional groups attached to an aromatic ring is 1. The number of hydrogen-bond donors (Lipinski definition) is 1. The summed E-state index contributed by atoms with van der Waals surface area (Å²) in [7, 11) is -0.754. The molecule has 0 saturated heterocycles. The number of nitrogens with zero attached hydrogens (tertiary/aromatic N) is 1. The van der Waals surface area contributed by atoms with Crippen LogP contribution in [0.4, 0.5) is 5.69 Å². The zero-order valence-corrected chi connectivity index (χ0v) is 11.0. The number of rotatable bonds is 3. The van der Waals surface area contributed by atoms with Crippen LogP contribution in [-0.2, 0) is 14.6 Å². The monoisotopic (exact) mass is 276 g/mol. The third-order valence-corrected chi connectivity index (χ3v) is 4.18. The summed E-state index contributed by atoms with van der Waals surface area (Å²) < 4.78 is 23.8. The van der Waals surface area contributed by atoms with Gasteiger partial charge in [0.05, 0.1) is 9.92 Å².